The van der Waals surface area contributed by atoms with Crippen LogP contribution in [0.4, 0.5) is 9.80 Å². The molecule has 0 saturated heterocycles. The minimum Gasteiger partial charge on any atom is -0.496 e. The van der Waals surface area contributed by atoms with E-state index in [9.17, 15) is 28.2 Å². The molecule has 2 N–H and O–H groups in total. The highest BCUT2D eigenvalue weighted by molar-refractivity contribution is 7.90. The molecular formula is C28H33N3O9S2. The lowest BCUT2D eigenvalue weighted by molar-refractivity contribution is -0.145. The van der Waals surface area contributed by atoms with Crippen LogP contribution in [-0.2, 0) is 19.6 Å². The molecule has 1 fully saturated rings. The summed E-state index contributed by atoms with van der Waals surface area (Å²) in [7, 11) is -3.09. The molecule has 1 atom stereocenters. The topological polar surface area (TPSA) is 160 Å². The lowest BCUT2D eigenvalue weighted by atomic mass is 9.94. The van der Waals surface area contributed by atoms with Gasteiger partial charge >= 0.3 is 12.0 Å². The Morgan fingerprint density at radius 2 is 1.93 bits per heavy atom. The van der Waals surface area contributed by atoms with Crippen molar-refractivity contribution in [3.8, 4) is 16.5 Å². The predicted molar refractivity (Wildman–Crippen MR) is 153 cm³/mol. The Morgan fingerprint density at radius 1 is 1.24 bits per heavy atom. The molecule has 14 heteroatoms. The first-order valence-corrected chi connectivity index (χ1v) is 15.7. The zero-order valence-electron chi connectivity index (χ0n) is 23.6. The molecule has 2 aliphatic rings. The number of amides is 2. The van der Waals surface area contributed by atoms with E-state index in [1.165, 1.54) is 38.3 Å². The maximum atomic E-state index is 14.2. The first-order valence-electron chi connectivity index (χ1n) is 13.5. The highest BCUT2D eigenvalue weighted by Crippen LogP contribution is 2.50. The molecule has 2 aromatic heterocycles. The summed E-state index contributed by atoms with van der Waals surface area (Å²) in [5.74, 6) is -0.792. The number of para-hydroxylation sites is 1. The predicted octanol–water partition coefficient (Wildman–Crippen LogP) is 4.58. The number of aromatic nitrogens is 1. The number of benzene rings is 1. The molecule has 0 spiro atoms. The first kappa shape index (κ1) is 30.0. The number of hydrogen-bond acceptors (Lipinski definition) is 10. The normalized spacial score (nSPS) is 21.2. The van der Waals surface area contributed by atoms with Crippen LogP contribution in [0.15, 0.2) is 46.0 Å². The van der Waals surface area contributed by atoms with Crippen molar-refractivity contribution in [2.24, 2.45) is 0 Å². The second-order valence-electron chi connectivity index (χ2n) is 10.9. The van der Waals surface area contributed by atoms with Crippen molar-refractivity contribution in [3.63, 3.8) is 0 Å². The number of fused-ring (bicyclic) bond motifs is 1. The van der Waals surface area contributed by atoms with Gasteiger partial charge in [-0.1, -0.05) is 18.2 Å². The Morgan fingerprint density at radius 3 is 2.55 bits per heavy atom. The summed E-state index contributed by atoms with van der Waals surface area (Å²) in [6.07, 6.45) is 3.72. The molecule has 0 bridgehead atoms. The number of methoxy groups -OCH3 is 1. The van der Waals surface area contributed by atoms with E-state index in [1.807, 2.05) is 12.1 Å². The molecule has 1 aromatic carbocycles. The van der Waals surface area contributed by atoms with Gasteiger partial charge in [0, 0.05) is 5.56 Å². The fourth-order valence-corrected chi connectivity index (χ4v) is 9.05. The van der Waals surface area contributed by atoms with E-state index in [0.717, 1.165) is 11.3 Å². The number of carbonyl (C=O) groups excluding carboxylic acids is 1. The zero-order chi connectivity index (χ0) is 30.4. The number of anilines is 1. The Bertz CT molecular complexity index is 1580. The molecule has 1 saturated carbocycles. The lowest BCUT2D eigenvalue weighted by Gasteiger charge is -2.42. The van der Waals surface area contributed by atoms with E-state index in [2.05, 4.69) is 4.98 Å². The van der Waals surface area contributed by atoms with Crippen LogP contribution in [0.25, 0.3) is 10.8 Å². The first-order chi connectivity index (χ1) is 19.9. The highest BCUT2D eigenvalue weighted by atomic mass is 32.2. The van der Waals surface area contributed by atoms with Gasteiger partial charge in [0.25, 0.3) is 10.0 Å². The summed E-state index contributed by atoms with van der Waals surface area (Å²) >= 11 is 1.02. The monoisotopic (exact) mass is 619 g/mol. The maximum Gasteiger partial charge on any atom is 0.340 e. The van der Waals surface area contributed by atoms with Gasteiger partial charge in [-0.05, 0) is 58.1 Å². The number of oxazole rings is 1. The Hall–Kier alpha value is -3.46. The maximum absolute atomic E-state index is 14.2. The van der Waals surface area contributed by atoms with Crippen molar-refractivity contribution in [1.29, 1.82) is 0 Å². The summed E-state index contributed by atoms with van der Waals surface area (Å²) in [6, 6.07) is 6.17. The number of hydrogen-bond donors (Lipinski definition) is 2. The molecule has 42 heavy (non-hydrogen) atoms. The molecule has 1 aliphatic heterocycles. The number of ether oxygens (including phenoxy) is 2. The van der Waals surface area contributed by atoms with Crippen LogP contribution in [0.2, 0.25) is 0 Å². The summed E-state index contributed by atoms with van der Waals surface area (Å²) in [5.41, 5.74) is -1.18. The van der Waals surface area contributed by atoms with Gasteiger partial charge in [-0.3, -0.25) is 4.90 Å². The van der Waals surface area contributed by atoms with Crippen molar-refractivity contribution in [2.45, 2.75) is 75.2 Å². The van der Waals surface area contributed by atoms with Crippen LogP contribution < -0.4 is 9.64 Å². The van der Waals surface area contributed by atoms with Crippen LogP contribution in [-0.4, -0.2) is 71.3 Å². The molecule has 3 aromatic rings. The van der Waals surface area contributed by atoms with Crippen molar-refractivity contribution in [3.05, 3.63) is 47.9 Å². The van der Waals surface area contributed by atoms with Gasteiger partial charge in [-0.25, -0.2) is 23.0 Å². The van der Waals surface area contributed by atoms with Crippen molar-refractivity contribution < 1.29 is 42.1 Å². The molecular weight excluding hydrogens is 586 g/mol. The highest BCUT2D eigenvalue weighted by Gasteiger charge is 2.54. The lowest BCUT2D eigenvalue weighted by Crippen LogP contribution is -2.62. The number of carbonyl (C=O) groups is 2. The van der Waals surface area contributed by atoms with E-state index < -0.39 is 39.8 Å². The second-order valence-corrected chi connectivity index (χ2v) is 13.6. The number of aliphatic carboxylic acids is 1. The Kier molecular flexibility index (Phi) is 8.09. The third-order valence-corrected chi connectivity index (χ3v) is 11.3. The van der Waals surface area contributed by atoms with Crippen molar-refractivity contribution in [2.75, 3.05) is 18.6 Å². The van der Waals surface area contributed by atoms with Crippen molar-refractivity contribution in [1.82, 2.24) is 9.29 Å². The van der Waals surface area contributed by atoms with E-state index >= 15 is 0 Å². The van der Waals surface area contributed by atoms with Gasteiger partial charge in [0.05, 0.1) is 36.9 Å². The summed E-state index contributed by atoms with van der Waals surface area (Å²) < 4.78 is 46.1. The SMILES string of the molecule is COc1ccccc1C(CN1C(=O)N(C(C)(C)C(=O)O)S(=O)(=O)c2c1sc(-c1ncco1)c2C)OC1CCC(O)CC1. The second kappa shape index (κ2) is 11.3. The summed E-state index contributed by atoms with van der Waals surface area (Å²) in [5, 5.41) is 20.1. The number of aliphatic hydroxyl groups is 1. The smallest absolute Gasteiger partial charge is 0.340 e. The quantitative estimate of drug-likeness (QED) is 0.347. The third-order valence-electron chi connectivity index (χ3n) is 7.71. The van der Waals surface area contributed by atoms with E-state index in [0.29, 0.717) is 46.2 Å². The number of nitrogens with zero attached hydrogens (tertiary/aromatic N) is 3. The zero-order valence-corrected chi connectivity index (χ0v) is 25.3. The Labute approximate surface area is 247 Å². The van der Waals surface area contributed by atoms with Gasteiger partial charge in [-0.2, -0.15) is 4.31 Å². The number of aliphatic hydroxyl groups excluding tert-OH is 1. The minimum absolute atomic E-state index is 0.116. The number of urea groups is 1. The minimum atomic E-state index is -4.61. The number of thiophene rings is 1. The van der Waals surface area contributed by atoms with Crippen molar-refractivity contribution >= 4 is 38.4 Å². The molecule has 0 radical (unpaired) electrons. The van der Waals surface area contributed by atoms with Crippen LogP contribution in [0.5, 0.6) is 5.75 Å². The summed E-state index contributed by atoms with van der Waals surface area (Å²) in [4.78, 5) is 32.1. The number of sulfonamides is 1. The van der Waals surface area contributed by atoms with Gasteiger partial charge in [0.2, 0.25) is 5.89 Å². The van der Waals surface area contributed by atoms with Crippen LogP contribution >= 0.6 is 11.3 Å². The number of carboxylic acid groups (broad SMARTS) is 1. The fraction of sp³-hybridized carbons (Fsp3) is 0.464. The van der Waals surface area contributed by atoms with Gasteiger partial charge in [0.1, 0.15) is 28.0 Å². The summed E-state index contributed by atoms with van der Waals surface area (Å²) in [6.45, 7) is 3.78. The number of rotatable bonds is 9. The van der Waals surface area contributed by atoms with E-state index in [4.69, 9.17) is 13.9 Å². The van der Waals surface area contributed by atoms with Gasteiger partial charge in [0.15, 0.2) is 5.54 Å². The molecule has 5 rings (SSSR count). The molecule has 2 amide bonds. The molecule has 3 heterocycles. The average molecular weight is 620 g/mol. The molecule has 12 nitrogen and oxygen atoms in total. The molecule has 226 valence electrons. The third kappa shape index (κ3) is 5.16. The van der Waals surface area contributed by atoms with Gasteiger partial charge in [-0.15, -0.1) is 11.3 Å². The fourth-order valence-electron chi connectivity index (χ4n) is 5.41. The van der Waals surface area contributed by atoms with Crippen LogP contribution in [0.3, 0.4) is 0 Å². The number of carboxylic acids is 1. The Balaban J connectivity index is 1.66. The standard InChI is InChI=1S/C28H33N3O9S2/c1-16-22(24-29-13-14-39-24)41-25-23(16)42(36,37)31(28(2,3)26(33)34)27(35)30(25)15-21(19-7-5-6-8-20(19)38-4)40-18-11-9-17(32)10-12-18/h5-8,13-14,17-18,21,32H,9-12,15H2,1-4H3,(H,33,34). The van der Waals surface area contributed by atoms with E-state index in [-0.39, 0.29) is 34.0 Å². The molecule has 1 unspecified atom stereocenters. The molecule has 1 aliphatic carbocycles. The van der Waals surface area contributed by atoms with Crippen LogP contribution in [0.1, 0.15) is 56.8 Å². The van der Waals surface area contributed by atoms with Crippen LogP contribution in [0, 0.1) is 6.92 Å². The van der Waals surface area contributed by atoms with E-state index in [1.54, 1.807) is 19.1 Å². The average Bonchev–Trinajstić information content (AvgIpc) is 3.59. The van der Waals surface area contributed by atoms with Gasteiger partial charge < -0.3 is 24.1 Å². The largest absolute Gasteiger partial charge is 0.496 e.